The minimum Gasteiger partial charge on any atom is -0.357 e. The average Bonchev–Trinajstić information content (AvgIpc) is 2.81. The van der Waals surface area contributed by atoms with Crippen LogP contribution in [0.15, 0.2) is 12.1 Å². The second-order valence-electron chi connectivity index (χ2n) is 5.69. The fourth-order valence-corrected chi connectivity index (χ4v) is 2.30. The van der Waals surface area contributed by atoms with Gasteiger partial charge in [0.25, 0.3) is 0 Å². The lowest BCUT2D eigenvalue weighted by Crippen LogP contribution is -2.20. The lowest BCUT2D eigenvalue weighted by atomic mass is 10.00. The summed E-state index contributed by atoms with van der Waals surface area (Å²) in [6, 6.07) is 4.55. The maximum atomic E-state index is 4.82. The fourth-order valence-electron chi connectivity index (χ4n) is 2.30. The third-order valence-corrected chi connectivity index (χ3v) is 3.54. The largest absolute Gasteiger partial charge is 0.357 e. The van der Waals surface area contributed by atoms with Crippen molar-refractivity contribution in [2.75, 3.05) is 18.0 Å². The van der Waals surface area contributed by atoms with Crippen molar-refractivity contribution in [3.05, 3.63) is 23.4 Å². The molecule has 0 bridgehead atoms. The van der Waals surface area contributed by atoms with Crippen molar-refractivity contribution in [2.45, 2.75) is 52.4 Å². The van der Waals surface area contributed by atoms with E-state index in [1.54, 1.807) is 0 Å². The quantitative estimate of drug-likeness (QED) is 0.785. The number of rotatable bonds is 3. The molecule has 0 aliphatic carbocycles. The Bertz CT molecular complexity index is 350. The molecule has 1 aromatic rings. The lowest BCUT2D eigenvalue weighted by molar-refractivity contribution is 0.788. The smallest absolute Gasteiger partial charge is 0.129 e. The first-order valence-corrected chi connectivity index (χ1v) is 6.84. The molecule has 2 rings (SSSR count). The molecular formula is C15H24N2. The number of hydrogen-bond donors (Lipinski definition) is 0. The highest BCUT2D eigenvalue weighted by molar-refractivity contribution is 5.44. The molecule has 1 saturated heterocycles. The molecule has 0 atom stereocenters. The first-order valence-electron chi connectivity index (χ1n) is 6.84. The lowest BCUT2D eigenvalue weighted by Gasteiger charge is -2.20. The monoisotopic (exact) mass is 232 g/mol. The van der Waals surface area contributed by atoms with Gasteiger partial charge in [0, 0.05) is 18.8 Å². The van der Waals surface area contributed by atoms with Gasteiger partial charge in [-0.2, -0.15) is 0 Å². The summed E-state index contributed by atoms with van der Waals surface area (Å²) in [5.74, 6) is 2.28. The van der Waals surface area contributed by atoms with Crippen molar-refractivity contribution < 1.29 is 0 Å². The van der Waals surface area contributed by atoms with E-state index in [4.69, 9.17) is 4.98 Å². The molecule has 1 fully saturated rings. The van der Waals surface area contributed by atoms with E-state index < -0.39 is 0 Å². The molecule has 2 heterocycles. The van der Waals surface area contributed by atoms with E-state index >= 15 is 0 Å². The minimum atomic E-state index is 0.509. The second-order valence-corrected chi connectivity index (χ2v) is 5.69. The molecule has 0 aromatic carbocycles. The van der Waals surface area contributed by atoms with Gasteiger partial charge >= 0.3 is 0 Å². The summed E-state index contributed by atoms with van der Waals surface area (Å²) < 4.78 is 0. The van der Waals surface area contributed by atoms with E-state index in [1.807, 2.05) is 0 Å². The van der Waals surface area contributed by atoms with Gasteiger partial charge in [0.05, 0.1) is 0 Å². The molecule has 0 N–H and O–H groups in total. The first kappa shape index (κ1) is 12.4. The fraction of sp³-hybridized carbons (Fsp3) is 0.667. The van der Waals surface area contributed by atoms with Crippen LogP contribution in [0.1, 0.15) is 63.6 Å². The molecule has 2 nitrogen and oxygen atoms in total. The second kappa shape index (κ2) is 5.07. The maximum Gasteiger partial charge on any atom is 0.129 e. The molecule has 94 valence electrons. The predicted octanol–water partition coefficient (Wildman–Crippen LogP) is 3.93. The molecular weight excluding hydrogens is 208 g/mol. The van der Waals surface area contributed by atoms with Gasteiger partial charge < -0.3 is 4.90 Å². The Morgan fingerprint density at radius 1 is 1.00 bits per heavy atom. The van der Waals surface area contributed by atoms with Crippen molar-refractivity contribution in [2.24, 2.45) is 0 Å². The summed E-state index contributed by atoms with van der Waals surface area (Å²) in [5.41, 5.74) is 2.66. The molecule has 1 aromatic heterocycles. The van der Waals surface area contributed by atoms with Gasteiger partial charge in [-0.05, 0) is 42.4 Å². The standard InChI is InChI=1S/C15H24N2/c1-11(2)13-9-14(12(3)4)16-15(10-13)17-7-5-6-8-17/h9-12H,5-8H2,1-4H3. The van der Waals surface area contributed by atoms with Crippen LogP contribution in [0.3, 0.4) is 0 Å². The Morgan fingerprint density at radius 3 is 2.18 bits per heavy atom. The highest BCUT2D eigenvalue weighted by Gasteiger charge is 2.16. The van der Waals surface area contributed by atoms with Crippen LogP contribution in [0.25, 0.3) is 0 Å². The van der Waals surface area contributed by atoms with Crippen LogP contribution >= 0.6 is 0 Å². The predicted molar refractivity (Wildman–Crippen MR) is 73.9 cm³/mol. The van der Waals surface area contributed by atoms with Crippen molar-refractivity contribution in [3.8, 4) is 0 Å². The van der Waals surface area contributed by atoms with Crippen LogP contribution in [0.4, 0.5) is 5.82 Å². The van der Waals surface area contributed by atoms with Crippen LogP contribution in [-0.4, -0.2) is 18.1 Å². The Balaban J connectivity index is 2.36. The summed E-state index contributed by atoms with van der Waals surface area (Å²) in [6.07, 6.45) is 2.62. The van der Waals surface area contributed by atoms with E-state index in [2.05, 4.69) is 44.7 Å². The first-order chi connectivity index (χ1) is 8.08. The van der Waals surface area contributed by atoms with Gasteiger partial charge in [0.15, 0.2) is 0 Å². The topological polar surface area (TPSA) is 16.1 Å². The summed E-state index contributed by atoms with van der Waals surface area (Å²) in [4.78, 5) is 7.25. The summed E-state index contributed by atoms with van der Waals surface area (Å²) in [6.45, 7) is 11.3. The van der Waals surface area contributed by atoms with Gasteiger partial charge in [-0.1, -0.05) is 27.7 Å². The molecule has 17 heavy (non-hydrogen) atoms. The third-order valence-electron chi connectivity index (χ3n) is 3.54. The molecule has 0 amide bonds. The van der Waals surface area contributed by atoms with Gasteiger partial charge in [0.2, 0.25) is 0 Å². The Kier molecular flexibility index (Phi) is 3.70. The number of pyridine rings is 1. The molecule has 0 spiro atoms. The summed E-state index contributed by atoms with van der Waals surface area (Å²) >= 11 is 0. The third kappa shape index (κ3) is 2.80. The number of nitrogens with zero attached hydrogens (tertiary/aromatic N) is 2. The minimum absolute atomic E-state index is 0.509. The summed E-state index contributed by atoms with van der Waals surface area (Å²) in [5, 5.41) is 0. The normalized spacial score (nSPS) is 16.2. The molecule has 1 aliphatic rings. The zero-order valence-corrected chi connectivity index (χ0v) is 11.5. The average molecular weight is 232 g/mol. The van der Waals surface area contributed by atoms with E-state index in [1.165, 1.54) is 43.0 Å². The summed E-state index contributed by atoms with van der Waals surface area (Å²) in [7, 11) is 0. The van der Waals surface area contributed by atoms with Crippen molar-refractivity contribution in [1.82, 2.24) is 4.98 Å². The Hall–Kier alpha value is -1.05. The van der Waals surface area contributed by atoms with E-state index in [9.17, 15) is 0 Å². The SMILES string of the molecule is CC(C)c1cc(C(C)C)nc(N2CCCC2)c1. The van der Waals surface area contributed by atoms with Crippen LogP contribution in [0.2, 0.25) is 0 Å². The van der Waals surface area contributed by atoms with Gasteiger partial charge in [-0.15, -0.1) is 0 Å². The van der Waals surface area contributed by atoms with E-state index in [-0.39, 0.29) is 0 Å². The van der Waals surface area contributed by atoms with E-state index in [0.717, 1.165) is 0 Å². The molecule has 0 unspecified atom stereocenters. The zero-order chi connectivity index (χ0) is 12.4. The molecule has 0 radical (unpaired) electrons. The molecule has 2 heteroatoms. The van der Waals surface area contributed by atoms with Gasteiger partial charge in [-0.3, -0.25) is 0 Å². The molecule has 1 aliphatic heterocycles. The van der Waals surface area contributed by atoms with Gasteiger partial charge in [-0.25, -0.2) is 4.98 Å². The van der Waals surface area contributed by atoms with Crippen LogP contribution in [0.5, 0.6) is 0 Å². The Morgan fingerprint density at radius 2 is 1.65 bits per heavy atom. The van der Waals surface area contributed by atoms with Crippen LogP contribution < -0.4 is 4.90 Å². The van der Waals surface area contributed by atoms with Crippen LogP contribution in [-0.2, 0) is 0 Å². The van der Waals surface area contributed by atoms with Crippen molar-refractivity contribution >= 4 is 5.82 Å². The zero-order valence-electron chi connectivity index (χ0n) is 11.5. The number of aromatic nitrogens is 1. The number of anilines is 1. The Labute approximate surface area is 105 Å². The van der Waals surface area contributed by atoms with Gasteiger partial charge in [0.1, 0.15) is 5.82 Å². The van der Waals surface area contributed by atoms with Crippen LogP contribution in [0, 0.1) is 0 Å². The highest BCUT2D eigenvalue weighted by Crippen LogP contribution is 2.26. The van der Waals surface area contributed by atoms with E-state index in [0.29, 0.717) is 11.8 Å². The number of hydrogen-bond acceptors (Lipinski definition) is 2. The highest BCUT2D eigenvalue weighted by atomic mass is 15.2. The van der Waals surface area contributed by atoms with Crippen molar-refractivity contribution in [3.63, 3.8) is 0 Å². The molecule has 0 saturated carbocycles. The maximum absolute atomic E-state index is 4.82. The van der Waals surface area contributed by atoms with Crippen molar-refractivity contribution in [1.29, 1.82) is 0 Å².